The van der Waals surface area contributed by atoms with Crippen molar-refractivity contribution in [2.75, 3.05) is 20.8 Å². The lowest BCUT2D eigenvalue weighted by Gasteiger charge is -2.15. The van der Waals surface area contributed by atoms with Crippen molar-refractivity contribution in [2.24, 2.45) is 5.73 Å². The van der Waals surface area contributed by atoms with Crippen LogP contribution < -0.4 is 10.5 Å². The van der Waals surface area contributed by atoms with Crippen LogP contribution in [-0.2, 0) is 17.9 Å². The first-order valence-corrected chi connectivity index (χ1v) is 14.0. The fourth-order valence-electron chi connectivity index (χ4n) is 5.04. The molecule has 0 spiro atoms. The SMILES string of the molecule is COC(=O)c1cc(C(=O)CO)cc(-c2nc(-c3ccc(CO)cc3)c(-c3ccc(OC)cc3)n2Cc2ccc(C(N)=O)cc2)c1. The zero-order chi connectivity index (χ0) is 32.1. The van der Waals surface area contributed by atoms with Crippen molar-refractivity contribution < 1.29 is 34.1 Å². The Morgan fingerprint density at radius 2 is 1.38 bits per heavy atom. The number of imidazole rings is 1. The monoisotopic (exact) mass is 605 g/mol. The Labute approximate surface area is 259 Å². The number of carbonyl (C=O) groups is 3. The molecule has 0 aliphatic rings. The van der Waals surface area contributed by atoms with E-state index in [1.54, 1.807) is 43.5 Å². The van der Waals surface area contributed by atoms with Crippen LogP contribution in [0.25, 0.3) is 33.9 Å². The molecule has 1 aromatic heterocycles. The van der Waals surface area contributed by atoms with Crippen LogP contribution in [0.3, 0.4) is 0 Å². The number of rotatable bonds is 11. The maximum atomic E-state index is 12.7. The summed E-state index contributed by atoms with van der Waals surface area (Å²) < 4.78 is 12.3. The van der Waals surface area contributed by atoms with E-state index in [2.05, 4.69) is 0 Å². The Morgan fingerprint density at radius 3 is 1.96 bits per heavy atom. The normalized spacial score (nSPS) is 10.8. The fraction of sp³-hybridized carbons (Fsp3) is 0.143. The molecule has 10 nitrogen and oxygen atoms in total. The molecule has 1 heterocycles. The Balaban J connectivity index is 1.82. The second-order valence-corrected chi connectivity index (χ2v) is 10.2. The molecule has 5 aromatic rings. The minimum absolute atomic E-state index is 0.116. The minimum Gasteiger partial charge on any atom is -0.497 e. The molecule has 4 aromatic carbocycles. The number of hydrogen-bond donors (Lipinski definition) is 3. The zero-order valence-electron chi connectivity index (χ0n) is 24.7. The number of aliphatic hydroxyl groups excluding tert-OH is 2. The molecular weight excluding hydrogens is 574 g/mol. The lowest BCUT2D eigenvalue weighted by Crippen LogP contribution is -2.11. The average Bonchev–Trinajstić information content (AvgIpc) is 3.46. The summed E-state index contributed by atoms with van der Waals surface area (Å²) in [6.07, 6.45) is 0. The van der Waals surface area contributed by atoms with Crippen molar-refractivity contribution >= 4 is 17.7 Å². The van der Waals surface area contributed by atoms with Gasteiger partial charge in [-0.1, -0.05) is 36.4 Å². The van der Waals surface area contributed by atoms with E-state index >= 15 is 0 Å². The Hall–Kier alpha value is -5.58. The lowest BCUT2D eigenvalue weighted by atomic mass is 10.0. The number of primary amides is 1. The molecular formula is C35H31N3O7. The molecule has 0 saturated heterocycles. The van der Waals surface area contributed by atoms with Crippen molar-refractivity contribution in [1.82, 2.24) is 9.55 Å². The number of methoxy groups -OCH3 is 2. The van der Waals surface area contributed by atoms with Gasteiger partial charge in [0.15, 0.2) is 5.78 Å². The fourth-order valence-corrected chi connectivity index (χ4v) is 5.04. The van der Waals surface area contributed by atoms with Gasteiger partial charge in [-0.2, -0.15) is 0 Å². The van der Waals surface area contributed by atoms with Gasteiger partial charge in [0, 0.05) is 34.4 Å². The van der Waals surface area contributed by atoms with Crippen LogP contribution in [0, 0.1) is 0 Å². The highest BCUT2D eigenvalue weighted by Gasteiger charge is 2.24. The molecule has 0 aliphatic carbocycles. The second-order valence-electron chi connectivity index (χ2n) is 10.2. The first-order chi connectivity index (χ1) is 21.8. The van der Waals surface area contributed by atoms with Crippen LogP contribution in [0.5, 0.6) is 5.75 Å². The van der Waals surface area contributed by atoms with Crippen molar-refractivity contribution in [3.8, 4) is 39.7 Å². The van der Waals surface area contributed by atoms with Gasteiger partial charge in [0.2, 0.25) is 5.91 Å². The van der Waals surface area contributed by atoms with Gasteiger partial charge in [-0.25, -0.2) is 9.78 Å². The molecule has 0 radical (unpaired) electrons. The van der Waals surface area contributed by atoms with E-state index in [0.717, 1.165) is 27.9 Å². The van der Waals surface area contributed by atoms with Gasteiger partial charge in [-0.15, -0.1) is 0 Å². The maximum Gasteiger partial charge on any atom is 0.337 e. The Kier molecular flexibility index (Phi) is 9.17. The van der Waals surface area contributed by atoms with E-state index in [4.69, 9.17) is 20.2 Å². The molecule has 1 amide bonds. The smallest absolute Gasteiger partial charge is 0.337 e. The molecule has 0 unspecified atom stereocenters. The molecule has 0 saturated carbocycles. The van der Waals surface area contributed by atoms with Gasteiger partial charge in [-0.05, 0) is 65.7 Å². The van der Waals surface area contributed by atoms with Gasteiger partial charge in [0.25, 0.3) is 0 Å². The van der Waals surface area contributed by atoms with Gasteiger partial charge in [-0.3, -0.25) is 9.59 Å². The minimum atomic E-state index is -0.746. The number of aliphatic hydroxyl groups is 2. The number of benzene rings is 4. The first kappa shape index (κ1) is 30.9. The Morgan fingerprint density at radius 1 is 0.756 bits per heavy atom. The molecule has 0 bridgehead atoms. The number of aromatic nitrogens is 2. The number of ether oxygens (including phenoxy) is 2. The molecule has 5 rings (SSSR count). The number of hydrogen-bond acceptors (Lipinski definition) is 8. The number of nitrogens with two attached hydrogens (primary N) is 1. The number of nitrogens with zero attached hydrogens (tertiary/aromatic N) is 2. The summed E-state index contributed by atoms with van der Waals surface area (Å²) >= 11 is 0. The lowest BCUT2D eigenvalue weighted by molar-refractivity contribution is 0.0600. The van der Waals surface area contributed by atoms with Crippen LogP contribution in [0.1, 0.15) is 42.2 Å². The van der Waals surface area contributed by atoms with E-state index in [-0.39, 0.29) is 24.3 Å². The number of ketones is 1. The van der Waals surface area contributed by atoms with Crippen molar-refractivity contribution in [1.29, 1.82) is 0 Å². The topological polar surface area (TPSA) is 154 Å². The van der Waals surface area contributed by atoms with Crippen LogP contribution in [0.2, 0.25) is 0 Å². The second kappa shape index (κ2) is 13.4. The van der Waals surface area contributed by atoms with E-state index in [9.17, 15) is 24.6 Å². The zero-order valence-corrected chi connectivity index (χ0v) is 24.7. The van der Waals surface area contributed by atoms with Crippen molar-refractivity contribution in [2.45, 2.75) is 13.2 Å². The van der Waals surface area contributed by atoms with Crippen LogP contribution in [-0.4, -0.2) is 58.3 Å². The largest absolute Gasteiger partial charge is 0.497 e. The number of amides is 1. The van der Waals surface area contributed by atoms with Gasteiger partial charge in [0.05, 0.1) is 37.8 Å². The summed E-state index contributed by atoms with van der Waals surface area (Å²) in [5.41, 5.74) is 11.0. The highest BCUT2D eigenvalue weighted by atomic mass is 16.5. The third-order valence-corrected chi connectivity index (χ3v) is 7.40. The summed E-state index contributed by atoms with van der Waals surface area (Å²) in [7, 11) is 2.83. The summed E-state index contributed by atoms with van der Waals surface area (Å²) in [5, 5.41) is 19.3. The van der Waals surface area contributed by atoms with Gasteiger partial charge < -0.3 is 30.0 Å². The summed E-state index contributed by atoms with van der Waals surface area (Å²) in [5.74, 6) is -0.674. The summed E-state index contributed by atoms with van der Waals surface area (Å²) in [4.78, 5) is 42.1. The van der Waals surface area contributed by atoms with E-state index in [1.165, 1.54) is 13.2 Å². The summed E-state index contributed by atoms with van der Waals surface area (Å²) in [6.45, 7) is -0.581. The van der Waals surface area contributed by atoms with Crippen LogP contribution >= 0.6 is 0 Å². The number of esters is 1. The highest BCUT2D eigenvalue weighted by Crippen LogP contribution is 2.38. The van der Waals surface area contributed by atoms with Gasteiger partial charge in [0.1, 0.15) is 18.2 Å². The van der Waals surface area contributed by atoms with E-state index in [0.29, 0.717) is 28.4 Å². The predicted molar refractivity (Wildman–Crippen MR) is 168 cm³/mol. The first-order valence-electron chi connectivity index (χ1n) is 14.0. The standard InChI is InChI=1S/C35H31N3O7/c1-44-29-13-11-24(12-14-29)32-31(23-7-5-22(19-39)6-8-23)37-34(38(32)18-21-3-9-25(10-4-21)33(36)42)27-15-26(30(41)20-40)16-28(17-27)35(43)45-2/h3-17,39-40H,18-20H2,1-2H3,(H2,36,42). The number of Topliss-reactive ketones (excluding diaryl/α,β-unsaturated/α-hetero) is 1. The van der Waals surface area contributed by atoms with E-state index in [1.807, 2.05) is 53.1 Å². The van der Waals surface area contributed by atoms with Crippen LogP contribution in [0.4, 0.5) is 0 Å². The average molecular weight is 606 g/mol. The predicted octanol–water partition coefficient (Wildman–Crippen LogP) is 4.49. The van der Waals surface area contributed by atoms with E-state index < -0.39 is 24.3 Å². The third kappa shape index (κ3) is 6.52. The van der Waals surface area contributed by atoms with Crippen molar-refractivity contribution in [3.05, 3.63) is 119 Å². The van der Waals surface area contributed by atoms with Crippen molar-refractivity contribution in [3.63, 3.8) is 0 Å². The quantitative estimate of drug-likeness (QED) is 0.147. The molecule has 10 heteroatoms. The molecule has 45 heavy (non-hydrogen) atoms. The Bertz CT molecular complexity index is 1830. The third-order valence-electron chi connectivity index (χ3n) is 7.40. The highest BCUT2D eigenvalue weighted by molar-refractivity contribution is 6.01. The molecule has 0 fully saturated rings. The summed E-state index contributed by atoms with van der Waals surface area (Å²) in [6, 6.07) is 26.3. The van der Waals surface area contributed by atoms with Crippen LogP contribution in [0.15, 0.2) is 91.0 Å². The number of carbonyl (C=O) groups excluding carboxylic acids is 3. The molecule has 0 aliphatic heterocycles. The van der Waals surface area contributed by atoms with Gasteiger partial charge >= 0.3 is 5.97 Å². The molecule has 228 valence electrons. The maximum absolute atomic E-state index is 12.7. The molecule has 0 atom stereocenters. The molecule has 4 N–H and O–H groups in total.